The maximum atomic E-state index is 12.7. The van der Waals surface area contributed by atoms with Gasteiger partial charge >= 0.3 is 0 Å². The van der Waals surface area contributed by atoms with Crippen molar-refractivity contribution in [2.75, 3.05) is 18.4 Å². The quantitative estimate of drug-likeness (QED) is 0.389. The fourth-order valence-electron chi connectivity index (χ4n) is 4.05. The minimum Gasteiger partial charge on any atom is -0.416 e. The van der Waals surface area contributed by atoms with Crippen molar-refractivity contribution in [2.24, 2.45) is 5.92 Å². The van der Waals surface area contributed by atoms with Crippen molar-refractivity contribution in [2.45, 2.75) is 33.2 Å². The van der Waals surface area contributed by atoms with Gasteiger partial charge < -0.3 is 4.42 Å². The lowest BCUT2D eigenvalue weighted by Crippen LogP contribution is -2.32. The summed E-state index contributed by atoms with van der Waals surface area (Å²) < 4.78 is 5.84. The predicted molar refractivity (Wildman–Crippen MR) is 134 cm³/mol. The zero-order valence-electron chi connectivity index (χ0n) is 19.3. The van der Waals surface area contributed by atoms with Crippen LogP contribution in [0.1, 0.15) is 41.4 Å². The molecule has 1 saturated heterocycles. The molecule has 174 valence electrons. The van der Waals surface area contributed by atoms with Crippen LogP contribution in [-0.4, -0.2) is 39.1 Å². The summed E-state index contributed by atoms with van der Waals surface area (Å²) in [5, 5.41) is 13.9. The number of aryl methyl sites for hydroxylation is 1. The smallest absolute Gasteiger partial charge is 0.257 e. The maximum Gasteiger partial charge on any atom is 0.257 e. The Kier molecular flexibility index (Phi) is 6.51. The van der Waals surface area contributed by atoms with Crippen LogP contribution in [0.25, 0.3) is 22.9 Å². The third kappa shape index (κ3) is 5.24. The summed E-state index contributed by atoms with van der Waals surface area (Å²) >= 11 is 1.46. The van der Waals surface area contributed by atoms with Gasteiger partial charge in [-0.05, 0) is 75.2 Å². The average Bonchev–Trinajstić information content (AvgIpc) is 3.51. The van der Waals surface area contributed by atoms with Crippen molar-refractivity contribution >= 4 is 22.4 Å². The van der Waals surface area contributed by atoms with Crippen LogP contribution in [0, 0.1) is 12.8 Å². The van der Waals surface area contributed by atoms with Gasteiger partial charge in [0.05, 0.1) is 5.69 Å². The number of carbonyl (C=O) groups is 1. The van der Waals surface area contributed by atoms with Gasteiger partial charge in [-0.1, -0.05) is 24.6 Å². The molecule has 1 N–H and O–H groups in total. The number of rotatable bonds is 6. The van der Waals surface area contributed by atoms with E-state index in [1.807, 2.05) is 48.7 Å². The number of anilines is 1. The lowest BCUT2D eigenvalue weighted by Gasteiger charge is -2.29. The summed E-state index contributed by atoms with van der Waals surface area (Å²) in [5.41, 5.74) is 4.32. The van der Waals surface area contributed by atoms with Crippen LogP contribution < -0.4 is 5.32 Å². The Labute approximate surface area is 202 Å². The highest BCUT2D eigenvalue weighted by molar-refractivity contribution is 7.14. The number of amides is 1. The lowest BCUT2D eigenvalue weighted by atomic mass is 9.99. The molecule has 1 aliphatic heterocycles. The molecular weight excluding hydrogens is 446 g/mol. The highest BCUT2D eigenvalue weighted by Gasteiger charge is 2.17. The minimum atomic E-state index is -0.190. The molecule has 3 heterocycles. The van der Waals surface area contributed by atoms with E-state index in [9.17, 15) is 4.79 Å². The van der Waals surface area contributed by atoms with E-state index in [4.69, 9.17) is 4.42 Å². The van der Waals surface area contributed by atoms with Crippen molar-refractivity contribution in [1.82, 2.24) is 20.1 Å². The number of benzene rings is 2. The number of aromatic nitrogens is 3. The highest BCUT2D eigenvalue weighted by Crippen LogP contribution is 2.25. The van der Waals surface area contributed by atoms with Gasteiger partial charge in [-0.15, -0.1) is 21.5 Å². The van der Waals surface area contributed by atoms with Crippen LogP contribution in [0.2, 0.25) is 0 Å². The molecule has 7 nitrogen and oxygen atoms in total. The monoisotopic (exact) mass is 473 g/mol. The molecule has 0 aliphatic carbocycles. The number of hydrogen-bond donors (Lipinski definition) is 1. The largest absolute Gasteiger partial charge is 0.416 e. The summed E-state index contributed by atoms with van der Waals surface area (Å²) in [6, 6.07) is 15.1. The van der Waals surface area contributed by atoms with Gasteiger partial charge in [0.25, 0.3) is 5.91 Å². The zero-order valence-corrected chi connectivity index (χ0v) is 20.1. The molecule has 34 heavy (non-hydrogen) atoms. The van der Waals surface area contributed by atoms with E-state index in [1.165, 1.54) is 24.2 Å². The molecule has 5 rings (SSSR count). The van der Waals surface area contributed by atoms with Gasteiger partial charge in [0.2, 0.25) is 11.8 Å². The van der Waals surface area contributed by atoms with E-state index in [2.05, 4.69) is 32.3 Å². The SMILES string of the molecule is Cc1cccc(-c2nnc(-c3ccc(C(=O)Nc4nc(CN5CCC(C)CC5)cs4)cc3)o2)c1. The Bertz CT molecular complexity index is 1270. The molecule has 0 bridgehead atoms. The van der Waals surface area contributed by atoms with Crippen LogP contribution in [-0.2, 0) is 6.54 Å². The summed E-state index contributed by atoms with van der Waals surface area (Å²) in [4.78, 5) is 19.7. The van der Waals surface area contributed by atoms with E-state index in [-0.39, 0.29) is 5.91 Å². The highest BCUT2D eigenvalue weighted by atomic mass is 32.1. The van der Waals surface area contributed by atoms with Crippen LogP contribution >= 0.6 is 11.3 Å². The van der Waals surface area contributed by atoms with Crippen molar-refractivity contribution in [3.63, 3.8) is 0 Å². The van der Waals surface area contributed by atoms with E-state index in [0.717, 1.165) is 47.9 Å². The van der Waals surface area contributed by atoms with Gasteiger partial charge in [0, 0.05) is 28.6 Å². The maximum absolute atomic E-state index is 12.7. The number of nitrogens with one attached hydrogen (secondary N) is 1. The second kappa shape index (κ2) is 9.87. The second-order valence-electron chi connectivity index (χ2n) is 8.92. The van der Waals surface area contributed by atoms with E-state index in [1.54, 1.807) is 12.1 Å². The summed E-state index contributed by atoms with van der Waals surface area (Å²) in [6.07, 6.45) is 2.47. The molecule has 0 saturated carbocycles. The van der Waals surface area contributed by atoms with Crippen LogP contribution in [0.3, 0.4) is 0 Å². The fraction of sp³-hybridized carbons (Fsp3) is 0.308. The van der Waals surface area contributed by atoms with Crippen molar-refractivity contribution in [3.8, 4) is 22.9 Å². The first-order chi connectivity index (χ1) is 16.5. The Morgan fingerprint density at radius 2 is 1.82 bits per heavy atom. The first kappa shape index (κ1) is 22.4. The summed E-state index contributed by atoms with van der Waals surface area (Å²) in [5.74, 6) is 1.51. The number of likely N-dealkylation sites (tertiary alicyclic amines) is 1. The summed E-state index contributed by atoms with van der Waals surface area (Å²) in [7, 11) is 0. The standard InChI is InChI=1S/C26H27N5O2S/c1-17-10-12-31(13-11-17)15-22-16-34-26(27-22)28-23(32)19-6-8-20(9-7-19)24-29-30-25(33-24)21-5-3-4-18(2)14-21/h3-9,14,16-17H,10-13,15H2,1-2H3,(H,27,28,32). The average molecular weight is 474 g/mol. The Morgan fingerprint density at radius 1 is 1.09 bits per heavy atom. The molecule has 1 aliphatic rings. The lowest BCUT2D eigenvalue weighted by molar-refractivity contribution is 0.102. The Morgan fingerprint density at radius 3 is 2.56 bits per heavy atom. The second-order valence-corrected chi connectivity index (χ2v) is 9.77. The molecule has 2 aromatic heterocycles. The first-order valence-electron chi connectivity index (χ1n) is 11.5. The fourth-order valence-corrected chi connectivity index (χ4v) is 4.75. The number of hydrogen-bond acceptors (Lipinski definition) is 7. The predicted octanol–water partition coefficient (Wildman–Crippen LogP) is 5.65. The molecular formula is C26H27N5O2S. The number of thiazole rings is 1. The normalized spacial score (nSPS) is 14.9. The molecule has 0 radical (unpaired) electrons. The third-order valence-corrected chi connectivity index (χ3v) is 6.92. The molecule has 1 amide bonds. The van der Waals surface area contributed by atoms with E-state index < -0.39 is 0 Å². The van der Waals surface area contributed by atoms with Gasteiger partial charge in [0.15, 0.2) is 5.13 Å². The number of carbonyl (C=O) groups excluding carboxylic acids is 1. The Balaban J connectivity index is 1.20. The topological polar surface area (TPSA) is 84.2 Å². The van der Waals surface area contributed by atoms with Crippen LogP contribution in [0.15, 0.2) is 58.3 Å². The third-order valence-electron chi connectivity index (χ3n) is 6.12. The molecule has 0 spiro atoms. The van der Waals surface area contributed by atoms with Crippen LogP contribution in [0.5, 0.6) is 0 Å². The number of nitrogens with zero attached hydrogens (tertiary/aromatic N) is 4. The molecule has 0 unspecified atom stereocenters. The molecule has 1 fully saturated rings. The summed E-state index contributed by atoms with van der Waals surface area (Å²) in [6.45, 7) is 7.39. The molecule has 8 heteroatoms. The van der Waals surface area contributed by atoms with Gasteiger partial charge in [-0.25, -0.2) is 4.98 Å². The van der Waals surface area contributed by atoms with Gasteiger partial charge in [-0.2, -0.15) is 0 Å². The zero-order chi connectivity index (χ0) is 23.5. The van der Waals surface area contributed by atoms with Crippen molar-refractivity contribution in [3.05, 3.63) is 70.7 Å². The van der Waals surface area contributed by atoms with Crippen molar-refractivity contribution in [1.29, 1.82) is 0 Å². The van der Waals surface area contributed by atoms with Gasteiger partial charge in [-0.3, -0.25) is 15.0 Å². The van der Waals surface area contributed by atoms with E-state index in [0.29, 0.717) is 22.5 Å². The van der Waals surface area contributed by atoms with Crippen LogP contribution in [0.4, 0.5) is 5.13 Å². The number of piperidine rings is 1. The first-order valence-corrected chi connectivity index (χ1v) is 12.4. The van der Waals surface area contributed by atoms with Crippen molar-refractivity contribution < 1.29 is 9.21 Å². The Hall–Kier alpha value is -3.36. The van der Waals surface area contributed by atoms with Gasteiger partial charge in [0.1, 0.15) is 0 Å². The van der Waals surface area contributed by atoms with E-state index >= 15 is 0 Å². The molecule has 0 atom stereocenters. The molecule has 4 aromatic rings. The molecule has 2 aromatic carbocycles. The minimum absolute atomic E-state index is 0.190.